The van der Waals surface area contributed by atoms with Crippen molar-refractivity contribution in [1.29, 1.82) is 0 Å². The Bertz CT molecular complexity index is 379. The lowest BCUT2D eigenvalue weighted by Gasteiger charge is -2.34. The van der Waals surface area contributed by atoms with Gasteiger partial charge in [0.05, 0.1) is 12.2 Å². The molecule has 1 heterocycles. The lowest BCUT2D eigenvalue weighted by atomic mass is 10.3. The van der Waals surface area contributed by atoms with E-state index >= 15 is 0 Å². The Hall–Kier alpha value is -0.0300. The number of halogens is 3. The van der Waals surface area contributed by atoms with Crippen molar-refractivity contribution in [2.75, 3.05) is 25.4 Å². The molecule has 1 aliphatic heterocycles. The third kappa shape index (κ3) is 6.30. The molecule has 5 nitrogen and oxygen atoms in total. The Morgan fingerprint density at radius 3 is 2.32 bits per heavy atom. The molecule has 19 heavy (non-hydrogen) atoms. The van der Waals surface area contributed by atoms with E-state index in [4.69, 9.17) is 4.74 Å². The highest BCUT2D eigenvalue weighted by molar-refractivity contribution is 8.00. The minimum Gasteiger partial charge on any atom is -0.373 e. The van der Waals surface area contributed by atoms with Crippen LogP contribution in [-0.4, -0.2) is 55.8 Å². The number of alkyl halides is 3. The van der Waals surface area contributed by atoms with Crippen LogP contribution in [0.5, 0.6) is 0 Å². The van der Waals surface area contributed by atoms with Crippen LogP contribution in [0.15, 0.2) is 0 Å². The lowest BCUT2D eigenvalue weighted by Crippen LogP contribution is -2.52. The van der Waals surface area contributed by atoms with Gasteiger partial charge in [-0.2, -0.15) is 25.9 Å². The first-order valence-corrected chi connectivity index (χ1v) is 8.13. The van der Waals surface area contributed by atoms with Gasteiger partial charge in [-0.3, -0.25) is 0 Å². The van der Waals surface area contributed by atoms with Gasteiger partial charge in [-0.1, -0.05) is 0 Å². The minimum absolute atomic E-state index is 0.200. The van der Waals surface area contributed by atoms with Gasteiger partial charge in [0, 0.05) is 25.4 Å². The Morgan fingerprint density at radius 2 is 1.84 bits per heavy atom. The van der Waals surface area contributed by atoms with E-state index in [1.54, 1.807) is 13.8 Å². The highest BCUT2D eigenvalue weighted by atomic mass is 32.2. The fraction of sp³-hybridized carbons (Fsp3) is 1.00. The molecule has 0 radical (unpaired) electrons. The average molecular weight is 322 g/mol. The topological polar surface area (TPSA) is 58.6 Å². The molecule has 0 bridgehead atoms. The Morgan fingerprint density at radius 1 is 1.32 bits per heavy atom. The van der Waals surface area contributed by atoms with Gasteiger partial charge in [0.1, 0.15) is 0 Å². The molecule has 0 aromatic rings. The van der Waals surface area contributed by atoms with Gasteiger partial charge in [0.25, 0.3) is 10.2 Å². The van der Waals surface area contributed by atoms with Crippen LogP contribution in [0, 0.1) is 0 Å². The van der Waals surface area contributed by atoms with E-state index in [9.17, 15) is 21.6 Å². The van der Waals surface area contributed by atoms with Gasteiger partial charge in [-0.15, -0.1) is 0 Å². The van der Waals surface area contributed by atoms with E-state index in [-0.39, 0.29) is 49.4 Å². The monoisotopic (exact) mass is 322 g/mol. The smallest absolute Gasteiger partial charge is 0.373 e. The maximum Gasteiger partial charge on any atom is 0.441 e. The number of morpholine rings is 1. The van der Waals surface area contributed by atoms with Gasteiger partial charge in [0.15, 0.2) is 0 Å². The standard InChI is InChI=1S/C9H17F3N2O3S2/c1-7-5-14(6-8(2)17-7)19(15,16)13-3-4-18-9(10,11)12/h7-8,13H,3-6H2,1-2H3. The number of hydrogen-bond acceptors (Lipinski definition) is 4. The molecular weight excluding hydrogens is 305 g/mol. The van der Waals surface area contributed by atoms with Crippen molar-refractivity contribution in [3.63, 3.8) is 0 Å². The maximum absolute atomic E-state index is 11.9. The highest BCUT2D eigenvalue weighted by Gasteiger charge is 2.31. The molecule has 1 N–H and O–H groups in total. The molecule has 2 atom stereocenters. The summed E-state index contributed by atoms with van der Waals surface area (Å²) in [7, 11) is -3.74. The molecule has 114 valence electrons. The van der Waals surface area contributed by atoms with Crippen LogP contribution in [-0.2, 0) is 14.9 Å². The summed E-state index contributed by atoms with van der Waals surface area (Å²) in [5.41, 5.74) is -4.34. The molecule has 1 saturated heterocycles. The number of nitrogens with one attached hydrogen (secondary N) is 1. The SMILES string of the molecule is CC1CN(S(=O)(=O)NCCSC(F)(F)F)CC(C)O1. The molecular formula is C9H17F3N2O3S2. The Labute approximate surface area is 115 Å². The molecule has 0 aliphatic carbocycles. The van der Waals surface area contributed by atoms with E-state index < -0.39 is 15.7 Å². The van der Waals surface area contributed by atoms with Crippen molar-refractivity contribution in [1.82, 2.24) is 9.03 Å². The summed E-state index contributed by atoms with van der Waals surface area (Å²) in [6.07, 6.45) is -0.463. The predicted octanol–water partition coefficient (Wildman–Crippen LogP) is 1.18. The fourth-order valence-electron chi connectivity index (χ4n) is 1.76. The molecule has 0 aromatic carbocycles. The number of ether oxygens (including phenoxy) is 1. The van der Waals surface area contributed by atoms with Gasteiger partial charge >= 0.3 is 5.51 Å². The second kappa shape index (κ2) is 6.61. The number of hydrogen-bond donors (Lipinski definition) is 1. The summed E-state index contributed by atoms with van der Waals surface area (Å²) in [5, 5.41) is 0. The average Bonchev–Trinajstić information content (AvgIpc) is 2.22. The molecule has 0 saturated carbocycles. The van der Waals surface area contributed by atoms with Crippen LogP contribution in [0.2, 0.25) is 0 Å². The summed E-state index contributed by atoms with van der Waals surface area (Å²) in [4.78, 5) is 0. The van der Waals surface area contributed by atoms with Gasteiger partial charge < -0.3 is 4.74 Å². The van der Waals surface area contributed by atoms with E-state index in [2.05, 4.69) is 4.72 Å². The van der Waals surface area contributed by atoms with Gasteiger partial charge in [0.2, 0.25) is 0 Å². The molecule has 0 aromatic heterocycles. The molecule has 0 spiro atoms. The van der Waals surface area contributed by atoms with Crippen LogP contribution in [0.25, 0.3) is 0 Å². The highest BCUT2D eigenvalue weighted by Crippen LogP contribution is 2.29. The van der Waals surface area contributed by atoms with E-state index in [1.807, 2.05) is 0 Å². The first-order valence-electron chi connectivity index (χ1n) is 5.71. The van der Waals surface area contributed by atoms with Gasteiger partial charge in [-0.25, -0.2) is 4.72 Å². The first-order chi connectivity index (χ1) is 8.60. The number of thioether (sulfide) groups is 1. The van der Waals surface area contributed by atoms with Crippen LogP contribution in [0.3, 0.4) is 0 Å². The molecule has 0 amide bonds. The summed E-state index contributed by atoms with van der Waals surface area (Å²) in [6, 6.07) is 0. The largest absolute Gasteiger partial charge is 0.441 e. The lowest BCUT2D eigenvalue weighted by molar-refractivity contribution is -0.0443. The summed E-state index contributed by atoms with van der Waals surface area (Å²) >= 11 is -0.248. The van der Waals surface area contributed by atoms with Crippen LogP contribution < -0.4 is 4.72 Å². The van der Waals surface area contributed by atoms with Crippen molar-refractivity contribution in [2.24, 2.45) is 0 Å². The first kappa shape index (κ1) is 17.0. The van der Waals surface area contributed by atoms with Crippen molar-refractivity contribution in [3.05, 3.63) is 0 Å². The molecule has 1 fully saturated rings. The molecule has 1 rings (SSSR count). The van der Waals surface area contributed by atoms with Crippen molar-refractivity contribution in [2.45, 2.75) is 31.6 Å². The van der Waals surface area contributed by atoms with Crippen LogP contribution in [0.1, 0.15) is 13.8 Å². The zero-order valence-corrected chi connectivity index (χ0v) is 12.2. The summed E-state index contributed by atoms with van der Waals surface area (Å²) < 4.78 is 68.2. The van der Waals surface area contributed by atoms with Crippen LogP contribution >= 0.6 is 11.8 Å². The predicted molar refractivity (Wildman–Crippen MR) is 67.0 cm³/mol. The van der Waals surface area contributed by atoms with Gasteiger partial charge in [-0.05, 0) is 25.6 Å². The van der Waals surface area contributed by atoms with Crippen LogP contribution in [0.4, 0.5) is 13.2 Å². The second-order valence-electron chi connectivity index (χ2n) is 4.27. The summed E-state index contributed by atoms with van der Waals surface area (Å²) in [6.45, 7) is 3.64. The van der Waals surface area contributed by atoms with Crippen molar-refractivity contribution in [3.8, 4) is 0 Å². The number of rotatable bonds is 5. The Kier molecular flexibility index (Phi) is 5.93. The second-order valence-corrected chi connectivity index (χ2v) is 7.18. The molecule has 10 heteroatoms. The third-order valence-corrected chi connectivity index (χ3v) is 4.66. The zero-order valence-electron chi connectivity index (χ0n) is 10.6. The van der Waals surface area contributed by atoms with E-state index in [0.717, 1.165) is 0 Å². The minimum atomic E-state index is -4.34. The molecule has 1 aliphatic rings. The summed E-state index contributed by atoms with van der Waals surface area (Å²) in [5.74, 6) is -0.349. The normalized spacial score (nSPS) is 26.6. The van der Waals surface area contributed by atoms with E-state index in [1.165, 1.54) is 4.31 Å². The van der Waals surface area contributed by atoms with E-state index in [0.29, 0.717) is 0 Å². The third-order valence-electron chi connectivity index (χ3n) is 2.38. The van der Waals surface area contributed by atoms with Crippen molar-refractivity contribution < 1.29 is 26.3 Å². The van der Waals surface area contributed by atoms with Crippen molar-refractivity contribution >= 4 is 22.0 Å². The quantitative estimate of drug-likeness (QED) is 0.772. The Balaban J connectivity index is 2.43. The number of nitrogens with zero attached hydrogens (tertiary/aromatic N) is 1. The molecule has 2 unspecified atom stereocenters. The fourth-order valence-corrected chi connectivity index (χ4v) is 3.68. The zero-order chi connectivity index (χ0) is 14.7. The maximum atomic E-state index is 11.9.